The van der Waals surface area contributed by atoms with E-state index in [0.717, 1.165) is 13.1 Å². The maximum atomic E-state index is 5.42. The first kappa shape index (κ1) is 18.8. The number of hydrogen-bond donors (Lipinski definition) is 3. The summed E-state index contributed by atoms with van der Waals surface area (Å²) in [4.78, 5) is 0. The van der Waals surface area contributed by atoms with Crippen LogP contribution in [0.15, 0.2) is 0 Å². The second-order valence-corrected chi connectivity index (χ2v) is 4.16. The number of rotatable bonds is 12. The smallest absolute Gasteiger partial charge is 1.00 e. The van der Waals surface area contributed by atoms with Gasteiger partial charge in [-0.3, -0.25) is 0 Å². The van der Waals surface area contributed by atoms with Gasteiger partial charge in [-0.15, -0.1) is 0 Å². The van der Waals surface area contributed by atoms with Crippen LogP contribution in [0, 0.1) is 0 Å². The zero-order valence-corrected chi connectivity index (χ0v) is 11.1. The molecule has 0 aliphatic rings. The van der Waals surface area contributed by atoms with Gasteiger partial charge in [-0.05, 0) is 51.9 Å². The molecule has 5 N–H and O–H groups in total. The van der Waals surface area contributed by atoms with Crippen LogP contribution in [0.3, 0.4) is 0 Å². The van der Waals surface area contributed by atoms with Crippen LogP contribution in [0.25, 0.3) is 0 Å². The molecule has 0 spiro atoms. The monoisotopic (exact) mass is 223 g/mol. The average molecular weight is 223 g/mol. The number of hydrogen-bond acceptors (Lipinski definition) is 3. The van der Waals surface area contributed by atoms with Gasteiger partial charge < -0.3 is 18.2 Å². The van der Waals surface area contributed by atoms with E-state index in [0.29, 0.717) is 0 Å². The Morgan fingerprint density at radius 3 is 1.38 bits per heavy atom. The summed E-state index contributed by atoms with van der Waals surface area (Å²) in [5, 5.41) is 3.48. The average Bonchev–Trinajstić information content (AvgIpc) is 2.26. The van der Waals surface area contributed by atoms with E-state index in [-0.39, 0.29) is 20.3 Å². The van der Waals surface area contributed by atoms with Crippen molar-refractivity contribution < 1.29 is 20.3 Å². The molecule has 4 heteroatoms. The predicted molar refractivity (Wildman–Crippen MR) is 69.0 cm³/mol. The van der Waals surface area contributed by atoms with Crippen molar-refractivity contribution in [3.63, 3.8) is 0 Å². The Morgan fingerprint density at radius 2 is 1.00 bits per heavy atom. The fourth-order valence-electron chi connectivity index (χ4n) is 1.62. The summed E-state index contributed by atoms with van der Waals surface area (Å²) in [6, 6.07) is 0. The van der Waals surface area contributed by atoms with Gasteiger partial charge in [0.15, 0.2) is 0 Å². The molecule has 0 radical (unpaired) electrons. The minimum absolute atomic E-state index is 0. The summed E-state index contributed by atoms with van der Waals surface area (Å²) in [7, 11) is 0. The summed E-state index contributed by atoms with van der Waals surface area (Å²) in [6.45, 7) is 4.02. The van der Waals surface area contributed by atoms with Gasteiger partial charge in [0.2, 0.25) is 0 Å². The van der Waals surface area contributed by atoms with Crippen LogP contribution >= 0.6 is 0 Å². The van der Waals surface area contributed by atoms with E-state index in [1.807, 2.05) is 0 Å². The summed E-state index contributed by atoms with van der Waals surface area (Å²) in [5.74, 6) is 0. The van der Waals surface area contributed by atoms with Crippen LogP contribution < -0.4 is 35.6 Å². The van der Waals surface area contributed by atoms with E-state index in [1.165, 1.54) is 64.5 Å². The normalized spacial score (nSPS) is 10.1. The molecule has 0 aromatic heterocycles. The van der Waals surface area contributed by atoms with Crippen LogP contribution in [0.5, 0.6) is 0 Å². The first-order valence-electron chi connectivity index (χ1n) is 6.52. The third-order valence-corrected chi connectivity index (χ3v) is 2.62. The van der Waals surface area contributed by atoms with E-state index in [2.05, 4.69) is 5.32 Å². The number of nitrogens with one attached hydrogen (secondary N) is 1. The van der Waals surface area contributed by atoms with Crippen LogP contribution in [-0.4, -0.2) is 26.2 Å². The van der Waals surface area contributed by atoms with Gasteiger partial charge in [0, 0.05) is 0 Å². The van der Waals surface area contributed by atoms with E-state index in [1.54, 1.807) is 0 Å². The molecule has 16 heavy (non-hydrogen) atoms. The summed E-state index contributed by atoms with van der Waals surface area (Å²) >= 11 is 0. The molecule has 0 unspecified atom stereocenters. The minimum atomic E-state index is 0. The van der Waals surface area contributed by atoms with E-state index in [4.69, 9.17) is 11.5 Å². The van der Waals surface area contributed by atoms with Crippen molar-refractivity contribution >= 4 is 0 Å². The molecule has 0 atom stereocenters. The largest absolute Gasteiger partial charge is 1.00 e. The Kier molecular flexibility index (Phi) is 21.0. The van der Waals surface area contributed by atoms with Gasteiger partial charge >= 0.3 is 18.9 Å². The molecule has 0 amide bonds. The molecule has 3 nitrogen and oxygen atoms in total. The Bertz CT molecular complexity index is 106. The maximum absolute atomic E-state index is 5.42. The summed E-state index contributed by atoms with van der Waals surface area (Å²) in [5.41, 5.74) is 10.8. The zero-order valence-electron chi connectivity index (χ0n) is 12.1. The molecule has 0 aliphatic carbocycles. The van der Waals surface area contributed by atoms with E-state index >= 15 is 0 Å². The predicted octanol–water partition coefficient (Wildman–Crippen LogP) is -1.27. The Hall–Kier alpha value is 0.477. The standard InChI is InChI=1S/C12H29N3.Li.H/c13-9-5-1-3-7-11-15-12-8-4-2-6-10-14;;/h15H,1-14H2;;/q;+1;-1. The quantitative estimate of drug-likeness (QED) is 0.285. The third-order valence-electron chi connectivity index (χ3n) is 2.62. The maximum Gasteiger partial charge on any atom is 1.00 e. The fraction of sp³-hybridized carbons (Fsp3) is 1.00. The van der Waals surface area contributed by atoms with Crippen molar-refractivity contribution in [1.82, 2.24) is 5.32 Å². The summed E-state index contributed by atoms with van der Waals surface area (Å²) in [6.07, 6.45) is 10.2. The van der Waals surface area contributed by atoms with Gasteiger partial charge in [0.1, 0.15) is 0 Å². The van der Waals surface area contributed by atoms with Gasteiger partial charge in [0.25, 0.3) is 0 Å². The fourth-order valence-corrected chi connectivity index (χ4v) is 1.62. The van der Waals surface area contributed by atoms with Crippen LogP contribution in [0.4, 0.5) is 0 Å². The Morgan fingerprint density at radius 1 is 0.625 bits per heavy atom. The molecule has 0 saturated carbocycles. The minimum Gasteiger partial charge on any atom is -1.00 e. The zero-order chi connectivity index (χ0) is 11.2. The van der Waals surface area contributed by atoms with Gasteiger partial charge in [-0.25, -0.2) is 0 Å². The molecule has 0 fully saturated rings. The number of nitrogens with two attached hydrogens (primary N) is 2. The second-order valence-electron chi connectivity index (χ2n) is 4.16. The molecule has 0 bridgehead atoms. The van der Waals surface area contributed by atoms with Crippen molar-refractivity contribution in [3.05, 3.63) is 0 Å². The van der Waals surface area contributed by atoms with Gasteiger partial charge in [-0.1, -0.05) is 25.7 Å². The van der Waals surface area contributed by atoms with Crippen molar-refractivity contribution in [2.75, 3.05) is 26.2 Å². The first-order valence-corrected chi connectivity index (χ1v) is 6.52. The topological polar surface area (TPSA) is 64.1 Å². The van der Waals surface area contributed by atoms with Gasteiger partial charge in [0.05, 0.1) is 0 Å². The van der Waals surface area contributed by atoms with Crippen LogP contribution in [0.1, 0.15) is 52.8 Å². The van der Waals surface area contributed by atoms with E-state index < -0.39 is 0 Å². The summed E-state index contributed by atoms with van der Waals surface area (Å²) < 4.78 is 0. The van der Waals surface area contributed by atoms with Crippen LogP contribution in [-0.2, 0) is 0 Å². The third kappa shape index (κ3) is 16.9. The number of unbranched alkanes of at least 4 members (excludes halogenated alkanes) is 6. The first-order chi connectivity index (χ1) is 7.41. The van der Waals surface area contributed by atoms with Crippen molar-refractivity contribution in [3.8, 4) is 0 Å². The van der Waals surface area contributed by atoms with Crippen molar-refractivity contribution in [2.24, 2.45) is 11.5 Å². The molecule has 0 saturated heterocycles. The molecular formula is C12H30LiN3. The molecule has 0 rings (SSSR count). The van der Waals surface area contributed by atoms with Gasteiger partial charge in [-0.2, -0.15) is 0 Å². The molecule has 0 heterocycles. The SMILES string of the molecule is NCCCCCCNCCCCCCN.[H-].[Li+]. The Balaban J connectivity index is -0.000000980. The molecule has 0 aromatic carbocycles. The molecule has 0 aliphatic heterocycles. The molecular weight excluding hydrogens is 193 g/mol. The molecule has 0 aromatic rings. The van der Waals surface area contributed by atoms with Crippen molar-refractivity contribution in [1.29, 1.82) is 0 Å². The van der Waals surface area contributed by atoms with Crippen LogP contribution in [0.2, 0.25) is 0 Å². The second kappa shape index (κ2) is 17.9. The molecule has 94 valence electrons. The Labute approximate surface area is 115 Å². The van der Waals surface area contributed by atoms with Crippen molar-refractivity contribution in [2.45, 2.75) is 51.4 Å². The van der Waals surface area contributed by atoms with E-state index in [9.17, 15) is 0 Å².